The summed E-state index contributed by atoms with van der Waals surface area (Å²) in [5.74, 6) is 0.995. The number of carbonyl (C=O) groups is 1. The Bertz CT molecular complexity index is 820. The zero-order valence-electron chi connectivity index (χ0n) is 11.6. The zero-order valence-corrected chi connectivity index (χ0v) is 11.6. The van der Waals surface area contributed by atoms with Gasteiger partial charge in [-0.25, -0.2) is 15.0 Å². The van der Waals surface area contributed by atoms with Gasteiger partial charge in [-0.3, -0.25) is 4.79 Å². The van der Waals surface area contributed by atoms with Crippen LogP contribution in [-0.4, -0.2) is 25.7 Å². The third-order valence-corrected chi connectivity index (χ3v) is 3.07. The van der Waals surface area contributed by atoms with Gasteiger partial charge in [-0.2, -0.15) is 0 Å². The summed E-state index contributed by atoms with van der Waals surface area (Å²) in [5, 5.41) is 0. The van der Waals surface area contributed by atoms with E-state index in [-0.39, 0.29) is 11.6 Å². The number of fused-ring (bicyclic) bond motifs is 1. The van der Waals surface area contributed by atoms with Gasteiger partial charge in [0.1, 0.15) is 5.82 Å². The number of aromatic nitrogens is 4. The van der Waals surface area contributed by atoms with Crippen molar-refractivity contribution in [1.29, 1.82) is 0 Å². The van der Waals surface area contributed by atoms with Crippen molar-refractivity contribution in [3.8, 4) is 11.3 Å². The van der Waals surface area contributed by atoms with Gasteiger partial charge in [0.25, 0.3) is 0 Å². The van der Waals surface area contributed by atoms with E-state index in [1.165, 1.54) is 6.92 Å². The third-order valence-electron chi connectivity index (χ3n) is 3.07. The van der Waals surface area contributed by atoms with Crippen molar-refractivity contribution in [3.63, 3.8) is 0 Å². The molecule has 0 bridgehead atoms. The van der Waals surface area contributed by atoms with E-state index in [2.05, 4.69) is 19.9 Å². The number of benzene rings is 1. The van der Waals surface area contributed by atoms with E-state index in [1.54, 1.807) is 0 Å². The van der Waals surface area contributed by atoms with Crippen LogP contribution in [0.15, 0.2) is 24.3 Å². The monoisotopic (exact) mass is 266 g/mol. The molecule has 0 saturated heterocycles. The quantitative estimate of drug-likeness (QED) is 0.724. The van der Waals surface area contributed by atoms with Crippen molar-refractivity contribution in [1.82, 2.24) is 19.9 Å². The molecule has 0 spiro atoms. The van der Waals surface area contributed by atoms with Gasteiger partial charge in [0.2, 0.25) is 0 Å². The highest BCUT2D eigenvalue weighted by molar-refractivity contribution is 5.91. The molecule has 0 fully saturated rings. The molecule has 2 heterocycles. The minimum Gasteiger partial charge on any atom is -0.342 e. The molecular weight excluding hydrogens is 252 g/mol. The lowest BCUT2D eigenvalue weighted by molar-refractivity contribution is 0.100. The number of hydrogen-bond donors (Lipinski definition) is 1. The van der Waals surface area contributed by atoms with Crippen LogP contribution in [0.4, 0.5) is 0 Å². The molecule has 0 aliphatic carbocycles. The van der Waals surface area contributed by atoms with Gasteiger partial charge in [-0.1, -0.05) is 6.07 Å². The standard InChI is InChI=1S/C15H14N4O/c1-8-6-13(19-15(16-8)9(2)20)11-4-5-12-14(7-11)18-10(3)17-12/h4-7H,1-3H3,(H,17,18). The third kappa shape index (κ3) is 2.18. The predicted octanol–water partition coefficient (Wildman–Crippen LogP) is 2.84. The van der Waals surface area contributed by atoms with Gasteiger partial charge in [0.05, 0.1) is 16.7 Å². The minimum atomic E-state index is -0.131. The first-order chi connectivity index (χ1) is 9.52. The fraction of sp³-hybridized carbons (Fsp3) is 0.200. The maximum absolute atomic E-state index is 11.5. The van der Waals surface area contributed by atoms with Crippen molar-refractivity contribution in [2.75, 3.05) is 0 Å². The number of Topliss-reactive ketones (excluding diaryl/α,β-unsaturated/α-hetero) is 1. The maximum Gasteiger partial charge on any atom is 0.196 e. The van der Waals surface area contributed by atoms with Crippen LogP contribution in [0.1, 0.15) is 29.1 Å². The number of nitrogens with one attached hydrogen (secondary N) is 1. The van der Waals surface area contributed by atoms with Crippen LogP contribution >= 0.6 is 0 Å². The summed E-state index contributed by atoms with van der Waals surface area (Å²) in [6.45, 7) is 5.25. The number of carbonyl (C=O) groups excluding carboxylic acids is 1. The number of imidazole rings is 1. The molecule has 5 heteroatoms. The molecule has 20 heavy (non-hydrogen) atoms. The van der Waals surface area contributed by atoms with Crippen molar-refractivity contribution in [3.05, 3.63) is 41.6 Å². The van der Waals surface area contributed by atoms with Crippen molar-refractivity contribution in [2.24, 2.45) is 0 Å². The Kier molecular flexibility index (Phi) is 2.82. The highest BCUT2D eigenvalue weighted by atomic mass is 16.1. The average molecular weight is 266 g/mol. The Balaban J connectivity index is 2.16. The molecule has 3 aromatic rings. The Labute approximate surface area is 116 Å². The second-order valence-corrected chi connectivity index (χ2v) is 4.83. The lowest BCUT2D eigenvalue weighted by atomic mass is 10.1. The molecule has 0 aliphatic rings. The van der Waals surface area contributed by atoms with Crippen molar-refractivity contribution >= 4 is 16.8 Å². The summed E-state index contributed by atoms with van der Waals surface area (Å²) in [5.41, 5.74) is 4.34. The molecule has 3 rings (SSSR count). The molecule has 0 radical (unpaired) electrons. The second kappa shape index (κ2) is 4.52. The van der Waals surface area contributed by atoms with Gasteiger partial charge in [-0.05, 0) is 32.0 Å². The Morgan fingerprint density at radius 2 is 1.90 bits per heavy atom. The second-order valence-electron chi connectivity index (χ2n) is 4.83. The van der Waals surface area contributed by atoms with Gasteiger partial charge < -0.3 is 4.98 Å². The highest BCUT2D eigenvalue weighted by Gasteiger charge is 2.09. The number of aromatic amines is 1. The van der Waals surface area contributed by atoms with Crippen LogP contribution in [0.3, 0.4) is 0 Å². The SMILES string of the molecule is CC(=O)c1nc(C)cc(-c2ccc3nc(C)[nH]c3c2)n1. The van der Waals surface area contributed by atoms with Crippen LogP contribution < -0.4 is 0 Å². The van der Waals surface area contributed by atoms with E-state index in [1.807, 2.05) is 38.1 Å². The van der Waals surface area contributed by atoms with Crippen LogP contribution in [0, 0.1) is 13.8 Å². The highest BCUT2D eigenvalue weighted by Crippen LogP contribution is 2.22. The van der Waals surface area contributed by atoms with E-state index in [9.17, 15) is 4.79 Å². The predicted molar refractivity (Wildman–Crippen MR) is 76.6 cm³/mol. The molecule has 0 aliphatic heterocycles. The largest absolute Gasteiger partial charge is 0.342 e. The molecule has 0 unspecified atom stereocenters. The molecule has 5 nitrogen and oxygen atoms in total. The van der Waals surface area contributed by atoms with Crippen molar-refractivity contribution in [2.45, 2.75) is 20.8 Å². The molecular formula is C15H14N4O. The topological polar surface area (TPSA) is 71.5 Å². The Morgan fingerprint density at radius 3 is 2.65 bits per heavy atom. The Morgan fingerprint density at radius 1 is 1.10 bits per heavy atom. The first kappa shape index (κ1) is 12.5. The summed E-state index contributed by atoms with van der Waals surface area (Å²) in [4.78, 5) is 27.5. The number of hydrogen-bond acceptors (Lipinski definition) is 4. The van der Waals surface area contributed by atoms with E-state index < -0.39 is 0 Å². The fourth-order valence-electron chi connectivity index (χ4n) is 2.17. The number of ketones is 1. The average Bonchev–Trinajstić information content (AvgIpc) is 2.76. The van der Waals surface area contributed by atoms with E-state index in [0.717, 1.165) is 33.8 Å². The number of rotatable bonds is 2. The summed E-state index contributed by atoms with van der Waals surface area (Å²) in [6, 6.07) is 7.76. The Hall–Kier alpha value is -2.56. The molecule has 0 saturated carbocycles. The van der Waals surface area contributed by atoms with Crippen LogP contribution in [-0.2, 0) is 0 Å². The number of aryl methyl sites for hydroxylation is 2. The van der Waals surface area contributed by atoms with E-state index >= 15 is 0 Å². The lowest BCUT2D eigenvalue weighted by Gasteiger charge is -2.04. The van der Waals surface area contributed by atoms with Crippen LogP contribution in [0.5, 0.6) is 0 Å². The normalized spacial score (nSPS) is 10.9. The summed E-state index contributed by atoms with van der Waals surface area (Å²) in [7, 11) is 0. The molecule has 2 aromatic heterocycles. The van der Waals surface area contributed by atoms with Crippen LogP contribution in [0.2, 0.25) is 0 Å². The molecule has 0 atom stereocenters. The van der Waals surface area contributed by atoms with E-state index in [0.29, 0.717) is 0 Å². The number of H-pyrrole nitrogens is 1. The van der Waals surface area contributed by atoms with Crippen LogP contribution in [0.25, 0.3) is 22.3 Å². The summed E-state index contributed by atoms with van der Waals surface area (Å²) >= 11 is 0. The molecule has 1 N–H and O–H groups in total. The number of nitrogens with zero attached hydrogens (tertiary/aromatic N) is 3. The smallest absolute Gasteiger partial charge is 0.196 e. The van der Waals surface area contributed by atoms with Gasteiger partial charge in [0, 0.05) is 18.2 Å². The van der Waals surface area contributed by atoms with Gasteiger partial charge in [-0.15, -0.1) is 0 Å². The van der Waals surface area contributed by atoms with Crippen molar-refractivity contribution < 1.29 is 4.79 Å². The first-order valence-corrected chi connectivity index (χ1v) is 6.36. The first-order valence-electron chi connectivity index (χ1n) is 6.36. The summed E-state index contributed by atoms with van der Waals surface area (Å²) < 4.78 is 0. The van der Waals surface area contributed by atoms with Gasteiger partial charge >= 0.3 is 0 Å². The molecule has 0 amide bonds. The fourth-order valence-corrected chi connectivity index (χ4v) is 2.17. The minimum absolute atomic E-state index is 0.131. The van der Waals surface area contributed by atoms with Gasteiger partial charge in [0.15, 0.2) is 11.6 Å². The summed E-state index contributed by atoms with van der Waals surface area (Å²) in [6.07, 6.45) is 0. The molecule has 100 valence electrons. The van der Waals surface area contributed by atoms with E-state index in [4.69, 9.17) is 0 Å². The zero-order chi connectivity index (χ0) is 14.3. The molecule has 1 aromatic carbocycles. The maximum atomic E-state index is 11.5. The lowest BCUT2D eigenvalue weighted by Crippen LogP contribution is -2.03.